The number of nitrogens with zero attached hydrogens (tertiary/aromatic N) is 2. The summed E-state index contributed by atoms with van der Waals surface area (Å²) in [7, 11) is 0. The zero-order chi connectivity index (χ0) is 21.5. The van der Waals surface area contributed by atoms with Crippen molar-refractivity contribution >= 4 is 29.5 Å². The molecule has 3 rings (SSSR count). The SMILES string of the molecule is Cc1c(C#N)c(NC(=O)COC(=O)CCSc2ccccc2)n(C2CCCC2)c1C. The summed E-state index contributed by atoms with van der Waals surface area (Å²) in [6, 6.07) is 12.3. The lowest BCUT2D eigenvalue weighted by Gasteiger charge is -2.19. The normalized spacial score (nSPS) is 13.8. The number of ether oxygens (including phenoxy) is 1. The number of esters is 1. The van der Waals surface area contributed by atoms with Crippen LogP contribution in [0.3, 0.4) is 0 Å². The second-order valence-corrected chi connectivity index (χ2v) is 8.64. The Kier molecular flexibility index (Phi) is 7.58. The molecule has 0 aliphatic heterocycles. The minimum atomic E-state index is -0.424. The van der Waals surface area contributed by atoms with Crippen LogP contribution >= 0.6 is 11.8 Å². The van der Waals surface area contributed by atoms with Crippen LogP contribution in [0.5, 0.6) is 0 Å². The molecule has 7 heteroatoms. The Morgan fingerprint density at radius 3 is 2.60 bits per heavy atom. The summed E-state index contributed by atoms with van der Waals surface area (Å²) in [6.45, 7) is 3.53. The topological polar surface area (TPSA) is 84.1 Å². The molecule has 30 heavy (non-hydrogen) atoms. The largest absolute Gasteiger partial charge is 0.456 e. The lowest BCUT2D eigenvalue weighted by Crippen LogP contribution is -2.24. The van der Waals surface area contributed by atoms with E-state index in [4.69, 9.17) is 4.74 Å². The van der Waals surface area contributed by atoms with Gasteiger partial charge in [-0.2, -0.15) is 5.26 Å². The van der Waals surface area contributed by atoms with Gasteiger partial charge in [0.1, 0.15) is 11.9 Å². The quantitative estimate of drug-likeness (QED) is 0.487. The van der Waals surface area contributed by atoms with Gasteiger partial charge in [0.05, 0.1) is 12.0 Å². The molecule has 1 aliphatic rings. The van der Waals surface area contributed by atoms with Crippen LogP contribution in [-0.4, -0.2) is 28.8 Å². The fourth-order valence-corrected chi connectivity index (χ4v) is 4.72. The van der Waals surface area contributed by atoms with Crippen molar-refractivity contribution in [3.05, 3.63) is 47.2 Å². The molecular weight excluding hydrogens is 398 g/mol. The molecule has 0 atom stereocenters. The van der Waals surface area contributed by atoms with Crippen molar-refractivity contribution in [1.82, 2.24) is 4.57 Å². The van der Waals surface area contributed by atoms with Gasteiger partial charge in [-0.05, 0) is 44.4 Å². The third kappa shape index (κ3) is 5.25. The Morgan fingerprint density at radius 2 is 1.93 bits per heavy atom. The fourth-order valence-electron chi connectivity index (χ4n) is 3.86. The number of hydrogen-bond donors (Lipinski definition) is 1. The van der Waals surface area contributed by atoms with Crippen LogP contribution in [0.2, 0.25) is 0 Å². The van der Waals surface area contributed by atoms with Crippen LogP contribution in [0.4, 0.5) is 5.82 Å². The number of anilines is 1. The highest BCUT2D eigenvalue weighted by Crippen LogP contribution is 2.37. The molecule has 1 heterocycles. The minimum Gasteiger partial charge on any atom is -0.456 e. The number of carbonyl (C=O) groups is 2. The molecule has 0 saturated heterocycles. The number of rotatable bonds is 8. The summed E-state index contributed by atoms with van der Waals surface area (Å²) in [5.41, 5.74) is 2.37. The standard InChI is InChI=1S/C23H27N3O3S/c1-16-17(2)26(18-8-6-7-9-18)23(20(16)14-24)25-21(27)15-29-22(28)12-13-30-19-10-4-3-5-11-19/h3-5,10-11,18H,6-9,12-13,15H2,1-2H3,(H,25,27). The highest BCUT2D eigenvalue weighted by molar-refractivity contribution is 7.99. The summed E-state index contributed by atoms with van der Waals surface area (Å²) >= 11 is 1.57. The van der Waals surface area contributed by atoms with Crippen LogP contribution < -0.4 is 5.32 Å². The number of nitrogens with one attached hydrogen (secondary N) is 1. The van der Waals surface area contributed by atoms with Crippen molar-refractivity contribution in [2.75, 3.05) is 17.7 Å². The number of hydrogen-bond acceptors (Lipinski definition) is 5. The van der Waals surface area contributed by atoms with Crippen molar-refractivity contribution < 1.29 is 14.3 Å². The van der Waals surface area contributed by atoms with Crippen molar-refractivity contribution in [2.45, 2.75) is 56.9 Å². The smallest absolute Gasteiger partial charge is 0.307 e. The first-order valence-electron chi connectivity index (χ1n) is 10.3. The van der Waals surface area contributed by atoms with E-state index in [1.165, 1.54) is 0 Å². The van der Waals surface area contributed by atoms with E-state index in [1.807, 2.05) is 44.2 Å². The van der Waals surface area contributed by atoms with E-state index < -0.39 is 11.9 Å². The number of aromatic nitrogens is 1. The van der Waals surface area contributed by atoms with E-state index in [-0.39, 0.29) is 13.0 Å². The van der Waals surface area contributed by atoms with Gasteiger partial charge in [0.2, 0.25) is 0 Å². The number of benzene rings is 1. The molecule has 1 fully saturated rings. The van der Waals surface area contributed by atoms with Gasteiger partial charge in [-0.15, -0.1) is 11.8 Å². The second kappa shape index (κ2) is 10.4. The van der Waals surface area contributed by atoms with Crippen LogP contribution in [0.25, 0.3) is 0 Å². The van der Waals surface area contributed by atoms with Crippen molar-refractivity contribution in [3.8, 4) is 6.07 Å². The lowest BCUT2D eigenvalue weighted by atomic mass is 10.2. The summed E-state index contributed by atoms with van der Waals surface area (Å²) in [4.78, 5) is 25.5. The predicted octanol–water partition coefficient (Wildman–Crippen LogP) is 4.76. The molecule has 0 bridgehead atoms. The van der Waals surface area contributed by atoms with E-state index in [9.17, 15) is 14.9 Å². The highest BCUT2D eigenvalue weighted by Gasteiger charge is 2.26. The maximum Gasteiger partial charge on any atom is 0.307 e. The second-order valence-electron chi connectivity index (χ2n) is 7.47. The lowest BCUT2D eigenvalue weighted by molar-refractivity contribution is -0.146. The molecule has 0 spiro atoms. The van der Waals surface area contributed by atoms with E-state index in [0.717, 1.165) is 41.8 Å². The molecule has 0 unspecified atom stereocenters. The maximum atomic E-state index is 12.5. The molecule has 0 radical (unpaired) electrons. The third-order valence-electron chi connectivity index (χ3n) is 5.50. The highest BCUT2D eigenvalue weighted by atomic mass is 32.2. The van der Waals surface area contributed by atoms with Gasteiger partial charge in [0, 0.05) is 22.4 Å². The molecule has 2 aromatic rings. The van der Waals surface area contributed by atoms with Gasteiger partial charge in [-0.1, -0.05) is 31.0 Å². The predicted molar refractivity (Wildman–Crippen MR) is 117 cm³/mol. The van der Waals surface area contributed by atoms with E-state index in [0.29, 0.717) is 23.2 Å². The monoisotopic (exact) mass is 425 g/mol. The summed E-state index contributed by atoms with van der Waals surface area (Å²) in [5.74, 6) is 0.284. The van der Waals surface area contributed by atoms with Gasteiger partial charge in [-0.3, -0.25) is 9.59 Å². The van der Waals surface area contributed by atoms with Crippen LogP contribution in [0.15, 0.2) is 35.2 Å². The van der Waals surface area contributed by atoms with Gasteiger partial charge in [0.25, 0.3) is 5.91 Å². The molecule has 158 valence electrons. The molecule has 1 aromatic heterocycles. The number of thioether (sulfide) groups is 1. The number of carbonyl (C=O) groups excluding carboxylic acids is 2. The molecule has 1 saturated carbocycles. The fraction of sp³-hybridized carbons (Fsp3) is 0.435. The third-order valence-corrected chi connectivity index (χ3v) is 6.51. The molecule has 6 nitrogen and oxygen atoms in total. The number of nitriles is 1. The Bertz CT molecular complexity index is 941. The molecule has 1 N–H and O–H groups in total. The van der Waals surface area contributed by atoms with E-state index >= 15 is 0 Å². The van der Waals surface area contributed by atoms with E-state index in [1.54, 1.807) is 11.8 Å². The Labute approximate surface area is 181 Å². The molecule has 1 aliphatic carbocycles. The number of amides is 1. The summed E-state index contributed by atoms with van der Waals surface area (Å²) < 4.78 is 7.21. The van der Waals surface area contributed by atoms with Gasteiger partial charge < -0.3 is 14.6 Å². The summed E-state index contributed by atoms with van der Waals surface area (Å²) in [6.07, 6.45) is 4.60. The zero-order valence-corrected chi connectivity index (χ0v) is 18.3. The zero-order valence-electron chi connectivity index (χ0n) is 17.4. The van der Waals surface area contributed by atoms with Crippen LogP contribution in [0, 0.1) is 25.2 Å². The van der Waals surface area contributed by atoms with Crippen LogP contribution in [-0.2, 0) is 14.3 Å². The maximum absolute atomic E-state index is 12.5. The average molecular weight is 426 g/mol. The summed E-state index contributed by atoms with van der Waals surface area (Å²) in [5, 5.41) is 12.4. The van der Waals surface area contributed by atoms with E-state index in [2.05, 4.69) is 16.0 Å². The first kappa shape index (κ1) is 22.0. The van der Waals surface area contributed by atoms with Crippen molar-refractivity contribution in [3.63, 3.8) is 0 Å². The molecule has 1 amide bonds. The first-order valence-corrected chi connectivity index (χ1v) is 11.2. The van der Waals surface area contributed by atoms with Gasteiger partial charge in [-0.25, -0.2) is 0 Å². The molecular formula is C23H27N3O3S. The van der Waals surface area contributed by atoms with Gasteiger partial charge in [0.15, 0.2) is 6.61 Å². The molecule has 1 aromatic carbocycles. The Hall–Kier alpha value is -2.72. The van der Waals surface area contributed by atoms with Crippen molar-refractivity contribution in [1.29, 1.82) is 5.26 Å². The Morgan fingerprint density at radius 1 is 1.23 bits per heavy atom. The Balaban J connectivity index is 1.55. The van der Waals surface area contributed by atoms with Crippen molar-refractivity contribution in [2.24, 2.45) is 0 Å². The average Bonchev–Trinajstić information content (AvgIpc) is 3.34. The van der Waals surface area contributed by atoms with Gasteiger partial charge >= 0.3 is 5.97 Å². The van der Waals surface area contributed by atoms with Crippen LogP contribution in [0.1, 0.15) is 55.0 Å². The minimum absolute atomic E-state index is 0.229. The first-order chi connectivity index (χ1) is 14.5.